The third kappa shape index (κ3) is 5.65. The summed E-state index contributed by atoms with van der Waals surface area (Å²) >= 11 is 5.96. The number of aryl methyl sites for hydroxylation is 1. The first kappa shape index (κ1) is 24.1. The van der Waals surface area contributed by atoms with E-state index in [1.807, 2.05) is 0 Å². The highest BCUT2D eigenvalue weighted by molar-refractivity contribution is 7.92. The molecule has 0 saturated heterocycles. The van der Waals surface area contributed by atoms with Gasteiger partial charge in [0.05, 0.1) is 31.3 Å². The van der Waals surface area contributed by atoms with Crippen LogP contribution in [0, 0.1) is 6.92 Å². The fourth-order valence-electron chi connectivity index (χ4n) is 2.98. The number of rotatable bonds is 8. The standard InChI is InChI=1S/C22H21ClN2O7S/c1-13-18(22(27)31-3)11-16(32-13)12-24-21(26)14-5-4-6-17(9-14)33(28,29)25-19-10-15(23)7-8-20(19)30-2/h4-11,25H,12H2,1-3H3,(H,24,26). The molecular weight excluding hydrogens is 472 g/mol. The van der Waals surface area contributed by atoms with E-state index in [1.54, 1.807) is 13.0 Å². The Labute approximate surface area is 195 Å². The molecule has 2 N–H and O–H groups in total. The maximum absolute atomic E-state index is 12.9. The highest BCUT2D eigenvalue weighted by Crippen LogP contribution is 2.30. The number of carbonyl (C=O) groups excluding carboxylic acids is 2. The van der Waals surface area contributed by atoms with E-state index in [0.717, 1.165) is 0 Å². The Hall–Kier alpha value is -3.50. The molecule has 0 fully saturated rings. The van der Waals surface area contributed by atoms with Crippen LogP contribution in [-0.4, -0.2) is 34.5 Å². The number of hydrogen-bond donors (Lipinski definition) is 2. The van der Waals surface area contributed by atoms with Crippen LogP contribution in [0.2, 0.25) is 5.02 Å². The first-order chi connectivity index (χ1) is 15.6. The first-order valence-corrected chi connectivity index (χ1v) is 11.4. The van der Waals surface area contributed by atoms with Gasteiger partial charge in [0.25, 0.3) is 15.9 Å². The lowest BCUT2D eigenvalue weighted by Gasteiger charge is -2.13. The summed E-state index contributed by atoms with van der Waals surface area (Å²) in [5, 5.41) is 2.95. The summed E-state index contributed by atoms with van der Waals surface area (Å²) < 4.78 is 43.4. The average molecular weight is 493 g/mol. The summed E-state index contributed by atoms with van der Waals surface area (Å²) in [6.45, 7) is 1.60. The number of furan rings is 1. The van der Waals surface area contributed by atoms with E-state index in [2.05, 4.69) is 14.8 Å². The van der Waals surface area contributed by atoms with E-state index < -0.39 is 21.9 Å². The molecule has 0 saturated carbocycles. The molecule has 1 heterocycles. The van der Waals surface area contributed by atoms with Crippen LogP contribution in [0.25, 0.3) is 0 Å². The number of halogens is 1. The van der Waals surface area contributed by atoms with Crippen LogP contribution in [-0.2, 0) is 21.3 Å². The number of benzene rings is 2. The van der Waals surface area contributed by atoms with Gasteiger partial charge in [0, 0.05) is 10.6 Å². The van der Waals surface area contributed by atoms with Gasteiger partial charge >= 0.3 is 5.97 Å². The number of nitrogens with one attached hydrogen (secondary N) is 2. The molecule has 3 aromatic rings. The highest BCUT2D eigenvalue weighted by atomic mass is 35.5. The second kappa shape index (κ2) is 9.97. The molecule has 33 heavy (non-hydrogen) atoms. The lowest BCUT2D eigenvalue weighted by atomic mass is 10.2. The minimum absolute atomic E-state index is 0.00832. The number of ether oxygens (including phenoxy) is 2. The Balaban J connectivity index is 1.75. The summed E-state index contributed by atoms with van der Waals surface area (Å²) in [4.78, 5) is 24.1. The van der Waals surface area contributed by atoms with Gasteiger partial charge in [-0.15, -0.1) is 0 Å². The van der Waals surface area contributed by atoms with E-state index >= 15 is 0 Å². The number of methoxy groups -OCH3 is 2. The van der Waals surface area contributed by atoms with Crippen LogP contribution < -0.4 is 14.8 Å². The zero-order chi connectivity index (χ0) is 24.2. The average Bonchev–Trinajstić information content (AvgIpc) is 3.17. The normalized spacial score (nSPS) is 11.0. The van der Waals surface area contributed by atoms with Crippen molar-refractivity contribution in [1.82, 2.24) is 5.32 Å². The van der Waals surface area contributed by atoms with Crippen molar-refractivity contribution in [2.75, 3.05) is 18.9 Å². The van der Waals surface area contributed by atoms with Gasteiger partial charge in [-0.05, 0) is 49.4 Å². The number of carbonyl (C=O) groups is 2. The quantitative estimate of drug-likeness (QED) is 0.458. The van der Waals surface area contributed by atoms with E-state index in [0.29, 0.717) is 16.5 Å². The molecule has 11 heteroatoms. The SMILES string of the molecule is COC(=O)c1cc(CNC(=O)c2cccc(S(=O)(=O)Nc3cc(Cl)ccc3OC)c2)oc1C. The van der Waals surface area contributed by atoms with Gasteiger partial charge in [-0.1, -0.05) is 17.7 Å². The lowest BCUT2D eigenvalue weighted by molar-refractivity contribution is 0.0598. The summed E-state index contributed by atoms with van der Waals surface area (Å²) in [6.07, 6.45) is 0. The smallest absolute Gasteiger partial charge is 0.341 e. The Kier molecular flexibility index (Phi) is 7.29. The zero-order valence-electron chi connectivity index (χ0n) is 18.0. The van der Waals surface area contributed by atoms with Crippen molar-refractivity contribution in [3.8, 4) is 5.75 Å². The van der Waals surface area contributed by atoms with Crippen molar-refractivity contribution in [1.29, 1.82) is 0 Å². The third-order valence-electron chi connectivity index (χ3n) is 4.61. The molecule has 0 unspecified atom stereocenters. The molecule has 0 aliphatic carbocycles. The molecule has 1 aromatic heterocycles. The number of esters is 1. The van der Waals surface area contributed by atoms with Gasteiger partial charge in [-0.3, -0.25) is 9.52 Å². The Morgan fingerprint density at radius 2 is 1.85 bits per heavy atom. The molecular formula is C22H21ClN2O7S. The maximum atomic E-state index is 12.9. The minimum Gasteiger partial charge on any atom is -0.495 e. The Morgan fingerprint density at radius 3 is 2.55 bits per heavy atom. The molecule has 0 bridgehead atoms. The molecule has 1 amide bonds. The van der Waals surface area contributed by atoms with Crippen molar-refractivity contribution in [3.05, 3.63) is 76.2 Å². The molecule has 0 spiro atoms. The number of sulfonamides is 1. The van der Waals surface area contributed by atoms with E-state index in [1.165, 1.54) is 56.7 Å². The molecule has 174 valence electrons. The molecule has 9 nitrogen and oxygen atoms in total. The van der Waals surface area contributed by atoms with Crippen LogP contribution in [0.3, 0.4) is 0 Å². The van der Waals surface area contributed by atoms with Crippen molar-refractivity contribution < 1.29 is 31.9 Å². The molecule has 3 rings (SSSR count). The predicted octanol–water partition coefficient (Wildman–Crippen LogP) is 3.77. The zero-order valence-corrected chi connectivity index (χ0v) is 19.5. The van der Waals surface area contributed by atoms with E-state index in [9.17, 15) is 18.0 Å². The Bertz CT molecular complexity index is 1300. The number of amides is 1. The molecule has 0 aliphatic heterocycles. The summed E-state index contributed by atoms with van der Waals surface area (Å²) in [6, 6.07) is 11.5. The van der Waals surface area contributed by atoms with Gasteiger partial charge in [0.2, 0.25) is 0 Å². The first-order valence-electron chi connectivity index (χ1n) is 9.57. The van der Waals surface area contributed by atoms with Gasteiger partial charge in [-0.2, -0.15) is 0 Å². The van der Waals surface area contributed by atoms with Crippen LogP contribution >= 0.6 is 11.6 Å². The second-order valence-corrected chi connectivity index (χ2v) is 8.95. The third-order valence-corrected chi connectivity index (χ3v) is 6.21. The van der Waals surface area contributed by atoms with Crippen molar-refractivity contribution in [3.63, 3.8) is 0 Å². The van der Waals surface area contributed by atoms with Crippen LogP contribution in [0.5, 0.6) is 5.75 Å². The van der Waals surface area contributed by atoms with Crippen LogP contribution in [0.4, 0.5) is 5.69 Å². The summed E-state index contributed by atoms with van der Waals surface area (Å²) in [7, 11) is -1.38. The van der Waals surface area contributed by atoms with Gasteiger partial charge in [-0.25, -0.2) is 13.2 Å². The van der Waals surface area contributed by atoms with Gasteiger partial charge in [0.15, 0.2) is 0 Å². The predicted molar refractivity (Wildman–Crippen MR) is 121 cm³/mol. The van der Waals surface area contributed by atoms with Crippen molar-refractivity contribution in [2.24, 2.45) is 0 Å². The Morgan fingerprint density at radius 1 is 1.09 bits per heavy atom. The second-order valence-electron chi connectivity index (χ2n) is 6.83. The highest BCUT2D eigenvalue weighted by Gasteiger charge is 2.20. The van der Waals surface area contributed by atoms with Crippen LogP contribution in [0.1, 0.15) is 32.2 Å². The van der Waals surface area contributed by atoms with Crippen LogP contribution in [0.15, 0.2) is 57.8 Å². The van der Waals surface area contributed by atoms with Gasteiger partial charge in [0.1, 0.15) is 22.8 Å². The number of anilines is 1. The monoisotopic (exact) mass is 492 g/mol. The van der Waals surface area contributed by atoms with E-state index in [4.69, 9.17) is 20.8 Å². The minimum atomic E-state index is -4.04. The van der Waals surface area contributed by atoms with Crippen molar-refractivity contribution >= 4 is 39.2 Å². The van der Waals surface area contributed by atoms with Crippen molar-refractivity contribution in [2.45, 2.75) is 18.4 Å². The van der Waals surface area contributed by atoms with E-state index in [-0.39, 0.29) is 34.0 Å². The maximum Gasteiger partial charge on any atom is 0.341 e. The molecule has 0 atom stereocenters. The molecule has 0 radical (unpaired) electrons. The largest absolute Gasteiger partial charge is 0.495 e. The van der Waals surface area contributed by atoms with Gasteiger partial charge < -0.3 is 19.2 Å². The lowest BCUT2D eigenvalue weighted by Crippen LogP contribution is -2.23. The molecule has 0 aliphatic rings. The summed E-state index contributed by atoms with van der Waals surface area (Å²) in [5.74, 6) is -0.0741. The summed E-state index contributed by atoms with van der Waals surface area (Å²) in [5.41, 5.74) is 0.541. The fraction of sp³-hybridized carbons (Fsp3) is 0.182. The number of hydrogen-bond acceptors (Lipinski definition) is 7. The topological polar surface area (TPSA) is 124 Å². The molecule has 2 aromatic carbocycles. The fourth-order valence-corrected chi connectivity index (χ4v) is 4.26.